The molecule has 0 saturated heterocycles. The molecule has 9 N–H and O–H groups in total. The van der Waals surface area contributed by atoms with E-state index >= 15 is 0 Å². The number of rotatable bonds is 27. The van der Waals surface area contributed by atoms with Crippen LogP contribution in [0.2, 0.25) is 5.28 Å². The Morgan fingerprint density at radius 2 is 0.975 bits per heavy atom. The molecule has 0 radical (unpaired) electrons. The van der Waals surface area contributed by atoms with Gasteiger partial charge in [-0.2, -0.15) is 42.0 Å². The number of phenols is 2. The zero-order valence-electron chi connectivity index (χ0n) is 39.4. The third kappa shape index (κ3) is 15.7. The van der Waals surface area contributed by atoms with Gasteiger partial charge in [0.2, 0.25) is 17.2 Å². The number of benzene rings is 6. The summed E-state index contributed by atoms with van der Waals surface area (Å²) in [6, 6.07) is 16.2. The predicted molar refractivity (Wildman–Crippen MR) is 280 cm³/mol. The van der Waals surface area contributed by atoms with Crippen LogP contribution in [0.15, 0.2) is 130 Å². The van der Waals surface area contributed by atoms with E-state index in [9.17, 15) is 53.0 Å². The molecule has 0 saturated carbocycles. The van der Waals surface area contributed by atoms with Crippen LogP contribution in [0.4, 0.5) is 46.0 Å². The molecule has 7 rings (SSSR count). The molecular formula is C40H34ClN9O23S7. The van der Waals surface area contributed by atoms with Gasteiger partial charge in [0.25, 0.3) is 20.2 Å². The lowest BCUT2D eigenvalue weighted by molar-refractivity contribution is -0.434. The van der Waals surface area contributed by atoms with Crippen LogP contribution in [0, 0.1) is 6.92 Å². The minimum absolute atomic E-state index is 0.0117. The van der Waals surface area contributed by atoms with Crippen LogP contribution < -0.4 is 10.6 Å². The van der Waals surface area contributed by atoms with Gasteiger partial charge >= 0.3 is 0 Å². The molecule has 1 heterocycles. The van der Waals surface area contributed by atoms with Crippen LogP contribution >= 0.6 is 48.3 Å². The van der Waals surface area contributed by atoms with Crippen molar-refractivity contribution >= 4 is 156 Å². The van der Waals surface area contributed by atoms with E-state index in [4.69, 9.17) is 35.7 Å². The third-order valence-corrected chi connectivity index (χ3v) is 16.9. The Bertz CT molecular complexity index is 3970. The van der Waals surface area contributed by atoms with Crippen LogP contribution in [0.1, 0.15) is 5.56 Å². The number of sulfone groups is 2. The number of phenolic OH excluding ortho intramolecular Hbond substituents is 2. The number of nitrogens with one attached hydrogen (secondary N) is 2. The van der Waals surface area contributed by atoms with E-state index in [1.807, 2.05) is 0 Å². The summed E-state index contributed by atoms with van der Waals surface area (Å²) in [5.41, 5.74) is -0.874. The Kier molecular flexibility index (Phi) is 20.5. The maximum atomic E-state index is 12.8. The summed E-state index contributed by atoms with van der Waals surface area (Å²) in [5, 5.41) is 80.0. The molecule has 0 atom stereocenters. The molecule has 0 unspecified atom stereocenters. The van der Waals surface area contributed by atoms with Gasteiger partial charge in [-0.25, -0.2) is 32.6 Å². The second-order valence-electron chi connectivity index (χ2n) is 15.4. The van der Waals surface area contributed by atoms with Crippen LogP contribution in [0.25, 0.3) is 21.5 Å². The summed E-state index contributed by atoms with van der Waals surface area (Å²) in [5.74, 6) is -3.39. The summed E-state index contributed by atoms with van der Waals surface area (Å²) in [6.07, 6.45) is 0. The Morgan fingerprint density at radius 1 is 0.550 bits per heavy atom. The summed E-state index contributed by atoms with van der Waals surface area (Å²) >= 11 is 6.99. The van der Waals surface area contributed by atoms with Gasteiger partial charge in [0.15, 0.2) is 55.8 Å². The number of aryl methyl sites for hydroxylation is 1. The number of fused-ring (bicyclic) bond motifs is 2. The molecule has 6 aromatic carbocycles. The number of hydrogen-bond acceptors (Lipinski definition) is 33. The molecule has 0 aliphatic carbocycles. The highest BCUT2D eigenvalue weighted by Gasteiger charge is 2.25. The number of halogens is 1. The molecule has 7 aromatic rings. The summed E-state index contributed by atoms with van der Waals surface area (Å²) < 4.78 is 144. The molecule has 426 valence electrons. The van der Waals surface area contributed by atoms with Gasteiger partial charge in [-0.3, -0.25) is 17.5 Å². The second-order valence-corrected chi connectivity index (χ2v) is 24.5. The lowest BCUT2D eigenvalue weighted by Crippen LogP contribution is -2.10. The second kappa shape index (κ2) is 26.6. The van der Waals surface area contributed by atoms with Crippen molar-refractivity contribution in [3.8, 4) is 11.5 Å². The lowest BCUT2D eigenvalue weighted by atomic mass is 10.0. The van der Waals surface area contributed by atoms with Gasteiger partial charge < -0.3 is 20.8 Å². The summed E-state index contributed by atoms with van der Waals surface area (Å²) in [4.78, 5) is 10.4. The number of nitrogens with zero attached hydrogens (tertiary/aromatic N) is 7. The number of hydrogen-bond donors (Lipinski definition) is 9. The van der Waals surface area contributed by atoms with E-state index < -0.39 is 95.6 Å². The normalized spacial score (nSPS) is 12.6. The quantitative estimate of drug-likeness (QED) is 0.00578. The van der Waals surface area contributed by atoms with Gasteiger partial charge in [-0.15, -0.1) is 23.2 Å². The minimum atomic E-state index is -5.04. The molecule has 32 nitrogen and oxygen atoms in total. The topological polar surface area (TPSA) is 464 Å². The van der Waals surface area contributed by atoms with Crippen molar-refractivity contribution in [2.75, 3.05) is 35.4 Å². The summed E-state index contributed by atoms with van der Waals surface area (Å²) in [6.45, 7) is 0.790. The molecule has 0 amide bonds. The molecule has 80 heavy (non-hydrogen) atoms. The lowest BCUT2D eigenvalue weighted by Gasteiger charge is -2.16. The first-order valence-corrected chi connectivity index (χ1v) is 29.8. The Balaban J connectivity index is 1.24. The average Bonchev–Trinajstić information content (AvgIpc) is 3.60. The molecule has 0 spiro atoms. The smallest absolute Gasteiger partial charge is 0.294 e. The maximum absolute atomic E-state index is 12.8. The van der Waals surface area contributed by atoms with Gasteiger partial charge in [0, 0.05) is 10.8 Å². The number of aromatic hydroxyl groups is 2. The van der Waals surface area contributed by atoms with Gasteiger partial charge in [0.1, 0.15) is 11.4 Å². The Labute approximate surface area is 467 Å². The Morgan fingerprint density at radius 3 is 1.41 bits per heavy atom. The zero-order valence-corrected chi connectivity index (χ0v) is 45.9. The zero-order chi connectivity index (χ0) is 58.0. The molecule has 1 aromatic heterocycles. The van der Waals surface area contributed by atoms with E-state index in [2.05, 4.69) is 74.2 Å². The fourth-order valence-electron chi connectivity index (χ4n) is 6.93. The molecule has 0 bridgehead atoms. The van der Waals surface area contributed by atoms with E-state index in [-0.39, 0.29) is 120 Å². The standard InChI is InChI=1S/C40H34ClN9O23S7/c1-20-14-21-15-27(79(60,61)62)18-29(32(21)36(51)34(20)49-47-23-2-6-25(7-3-23)77(56,57)12-10-66-75-72-69-54)42-39-44-38(41)45-40(46-39)43-30-19-28(80(63,64)65)16-22-17-31(74-71-68-53)35(37(52)33(22)30)50-48-24-4-8-26(9-5-24)78(58,59)13-11-67-76-73-70-55/h2-9,14-19,51-55H,10-13H2,1H3,(H,60,61,62)(H,63,64,65)(H2,42,43,44,45,46). The van der Waals surface area contributed by atoms with Crippen LogP contribution in [0.3, 0.4) is 0 Å². The third-order valence-electron chi connectivity index (χ3n) is 10.3. The highest BCUT2D eigenvalue weighted by atomic mass is 35.5. The fourth-order valence-corrected chi connectivity index (χ4v) is 11.5. The first-order valence-electron chi connectivity index (χ1n) is 21.1. The number of azo groups is 2. The van der Waals surface area contributed by atoms with Crippen molar-refractivity contribution in [1.82, 2.24) is 15.0 Å². The maximum Gasteiger partial charge on any atom is 0.294 e. The van der Waals surface area contributed by atoms with E-state index in [1.54, 1.807) is 0 Å². The summed E-state index contributed by atoms with van der Waals surface area (Å²) in [7, 11) is -17.8. The molecule has 0 fully saturated rings. The van der Waals surface area contributed by atoms with Crippen LogP contribution in [0.5, 0.6) is 11.5 Å². The van der Waals surface area contributed by atoms with Crippen molar-refractivity contribution in [1.29, 1.82) is 0 Å². The van der Waals surface area contributed by atoms with Crippen molar-refractivity contribution in [2.24, 2.45) is 20.5 Å². The largest absolute Gasteiger partial charge is 0.505 e. The van der Waals surface area contributed by atoms with Gasteiger partial charge in [-0.1, -0.05) is 15.1 Å². The van der Waals surface area contributed by atoms with Crippen LogP contribution in [-0.4, -0.2) is 108 Å². The number of anilines is 4. The highest BCUT2D eigenvalue weighted by molar-refractivity contribution is 7.94. The number of aromatic nitrogens is 3. The molecular weight excluding hydrogens is 1230 g/mol. The first kappa shape index (κ1) is 61.5. The first-order chi connectivity index (χ1) is 37.9. The fraction of sp³-hybridized carbons (Fsp3) is 0.125. The minimum Gasteiger partial charge on any atom is -0.505 e. The van der Waals surface area contributed by atoms with Crippen molar-refractivity contribution in [3.05, 3.63) is 95.8 Å². The van der Waals surface area contributed by atoms with Crippen molar-refractivity contribution in [2.45, 2.75) is 31.4 Å². The molecule has 40 heteroatoms. The van der Waals surface area contributed by atoms with E-state index in [0.717, 1.165) is 24.3 Å². The monoisotopic (exact) mass is 1270 g/mol. The average molecular weight is 1270 g/mol. The van der Waals surface area contributed by atoms with E-state index in [1.165, 1.54) is 67.6 Å². The highest BCUT2D eigenvalue weighted by Crippen LogP contribution is 2.48. The Hall–Kier alpha value is -6.13. The van der Waals surface area contributed by atoms with Gasteiger partial charge in [0.05, 0.1) is 84.0 Å². The van der Waals surface area contributed by atoms with Crippen molar-refractivity contribution in [3.63, 3.8) is 0 Å². The predicted octanol–water partition coefficient (Wildman–Crippen LogP) is 9.34. The SMILES string of the molecule is Cc1cc2cc(S(=O)(=O)O)cc(Nc3nc(Cl)nc(Nc4cc(S(=O)(=O)O)cc5cc(SOOO)c(N=Nc6ccc(S(=O)(=O)CCOSOOO)cc6)c(O)c45)n3)c2c(O)c1N=Nc1ccc(S(=O)(=O)CCOSOOO)cc1. The van der Waals surface area contributed by atoms with Crippen molar-refractivity contribution < 1.29 is 105 Å². The van der Waals surface area contributed by atoms with Gasteiger partial charge in [-0.05, 0) is 120 Å². The van der Waals surface area contributed by atoms with Crippen LogP contribution in [-0.2, 0) is 76.4 Å². The molecule has 0 aliphatic rings. The van der Waals surface area contributed by atoms with E-state index in [0.29, 0.717) is 0 Å². The molecule has 0 aliphatic heterocycles.